The molecule has 5 aromatic heterocycles. The average Bonchev–Trinajstić information content (AvgIpc) is 3.51. The maximum atomic E-state index is 5.28. The Morgan fingerprint density at radius 1 is 0.375 bits per heavy atom. The monoisotopic (exact) mass is 511 g/mol. The van der Waals surface area contributed by atoms with Crippen LogP contribution in [0.15, 0.2) is 128 Å². The molecule has 186 valence electrons. The van der Waals surface area contributed by atoms with Crippen molar-refractivity contribution in [3.05, 3.63) is 128 Å². The summed E-state index contributed by atoms with van der Waals surface area (Å²) in [4.78, 5) is 14.9. The average molecular weight is 512 g/mol. The summed E-state index contributed by atoms with van der Waals surface area (Å²) in [5.74, 6) is 0. The van der Waals surface area contributed by atoms with E-state index in [9.17, 15) is 0 Å². The van der Waals surface area contributed by atoms with E-state index in [1.54, 1.807) is 0 Å². The van der Waals surface area contributed by atoms with Gasteiger partial charge >= 0.3 is 0 Å². The van der Waals surface area contributed by atoms with Gasteiger partial charge in [0.05, 0.1) is 22.1 Å². The lowest BCUT2D eigenvalue weighted by Gasteiger charge is -2.11. The number of nitrogens with zero attached hydrogens (tertiary/aromatic N) is 5. The van der Waals surface area contributed by atoms with Crippen LogP contribution in [0.2, 0.25) is 0 Å². The molecule has 4 aromatic carbocycles. The maximum Gasteiger partial charge on any atom is 0.116 e. The van der Waals surface area contributed by atoms with Crippen LogP contribution in [0.3, 0.4) is 0 Å². The summed E-state index contributed by atoms with van der Waals surface area (Å²) < 4.78 is 4.57. The van der Waals surface area contributed by atoms with Gasteiger partial charge in [-0.15, -0.1) is 0 Å². The molecule has 40 heavy (non-hydrogen) atoms. The lowest BCUT2D eigenvalue weighted by molar-refractivity contribution is 1.16. The first-order valence-electron chi connectivity index (χ1n) is 13.4. The summed E-state index contributed by atoms with van der Waals surface area (Å²) in [5, 5.41) is 4.83. The molecule has 0 atom stereocenters. The number of benzene rings is 4. The highest BCUT2D eigenvalue weighted by Gasteiger charge is 2.21. The molecule has 5 nitrogen and oxygen atoms in total. The predicted molar refractivity (Wildman–Crippen MR) is 164 cm³/mol. The number of aromatic nitrogens is 5. The van der Waals surface area contributed by atoms with Crippen molar-refractivity contribution in [2.45, 2.75) is 0 Å². The molecule has 0 saturated carbocycles. The van der Waals surface area contributed by atoms with Crippen molar-refractivity contribution < 1.29 is 0 Å². The van der Waals surface area contributed by atoms with Crippen LogP contribution >= 0.6 is 0 Å². The first-order chi connectivity index (χ1) is 19.8. The van der Waals surface area contributed by atoms with Gasteiger partial charge in [-0.05, 0) is 76.1 Å². The lowest BCUT2D eigenvalue weighted by atomic mass is 10.1. The Hall–Kier alpha value is -5.55. The molecule has 0 amide bonds. The topological polar surface area (TPSA) is 48.5 Å². The fraction of sp³-hybridized carbons (Fsp3) is 0. The van der Waals surface area contributed by atoms with E-state index in [1.807, 2.05) is 24.5 Å². The molecule has 0 aliphatic heterocycles. The molecular formula is C35H21N5. The Morgan fingerprint density at radius 2 is 0.850 bits per heavy atom. The minimum absolute atomic E-state index is 0.875. The number of fused-ring (bicyclic) bond motifs is 8. The molecule has 5 heteroatoms. The van der Waals surface area contributed by atoms with E-state index in [4.69, 9.17) is 15.0 Å². The SMILES string of the molecule is c1ccc2cc(-n3c4cccnc4c4nc5c6ncccc6n(-c6ccc7ccccc7c6)c5cc43)ccc2c1. The summed E-state index contributed by atoms with van der Waals surface area (Å²) in [7, 11) is 0. The first-order valence-corrected chi connectivity index (χ1v) is 13.4. The minimum atomic E-state index is 0.875. The van der Waals surface area contributed by atoms with Crippen molar-refractivity contribution >= 4 is 65.7 Å². The van der Waals surface area contributed by atoms with Crippen LogP contribution < -0.4 is 0 Å². The van der Waals surface area contributed by atoms with Crippen LogP contribution in [0.25, 0.3) is 77.1 Å². The number of hydrogen-bond donors (Lipinski definition) is 0. The molecule has 0 fully saturated rings. The quantitative estimate of drug-likeness (QED) is 0.234. The molecule has 0 spiro atoms. The summed E-state index contributed by atoms with van der Waals surface area (Å²) in [5.41, 5.74) is 9.77. The first kappa shape index (κ1) is 21.4. The molecule has 0 radical (unpaired) electrons. The summed E-state index contributed by atoms with van der Waals surface area (Å²) >= 11 is 0. The van der Waals surface area contributed by atoms with Gasteiger partial charge < -0.3 is 9.13 Å². The van der Waals surface area contributed by atoms with Gasteiger partial charge in [0, 0.05) is 23.8 Å². The zero-order valence-corrected chi connectivity index (χ0v) is 21.4. The summed E-state index contributed by atoms with van der Waals surface area (Å²) in [6.07, 6.45) is 3.68. The Labute approximate surface area is 228 Å². The molecule has 0 saturated heterocycles. The van der Waals surface area contributed by atoms with Crippen LogP contribution in [-0.4, -0.2) is 24.1 Å². The van der Waals surface area contributed by atoms with Gasteiger partial charge in [0.25, 0.3) is 0 Å². The molecule has 0 aliphatic rings. The van der Waals surface area contributed by atoms with Crippen molar-refractivity contribution in [3.8, 4) is 11.4 Å². The van der Waals surface area contributed by atoms with E-state index in [1.165, 1.54) is 21.5 Å². The van der Waals surface area contributed by atoms with Gasteiger partial charge in [-0.3, -0.25) is 9.97 Å². The van der Waals surface area contributed by atoms with Crippen molar-refractivity contribution in [2.24, 2.45) is 0 Å². The fourth-order valence-corrected chi connectivity index (χ4v) is 6.15. The van der Waals surface area contributed by atoms with Gasteiger partial charge in [0.15, 0.2) is 0 Å². The van der Waals surface area contributed by atoms with Crippen LogP contribution in [0.1, 0.15) is 0 Å². The molecule has 5 heterocycles. The van der Waals surface area contributed by atoms with Crippen LogP contribution in [0.4, 0.5) is 0 Å². The molecule has 9 aromatic rings. The summed E-state index contributed by atoms with van der Waals surface area (Å²) in [6, 6.07) is 40.6. The van der Waals surface area contributed by atoms with E-state index in [0.29, 0.717) is 0 Å². The highest BCUT2D eigenvalue weighted by molar-refractivity contribution is 6.13. The fourth-order valence-electron chi connectivity index (χ4n) is 6.15. The van der Waals surface area contributed by atoms with Crippen molar-refractivity contribution in [2.75, 3.05) is 0 Å². The van der Waals surface area contributed by atoms with E-state index in [-0.39, 0.29) is 0 Å². The Morgan fingerprint density at radius 3 is 1.35 bits per heavy atom. The molecule has 0 bridgehead atoms. The largest absolute Gasteiger partial charge is 0.306 e. The standard InChI is InChI=1S/C35H21N5/c1-3-9-24-19-26(15-13-22(24)7-1)39-28-11-5-17-36-32(28)34-30(39)21-31-35(38-34)33-29(12-6-18-37-33)40(31)27-16-14-23-8-2-4-10-25(23)20-27/h1-21H. The van der Waals surface area contributed by atoms with Gasteiger partial charge in [0.1, 0.15) is 22.1 Å². The molecule has 0 unspecified atom stereocenters. The van der Waals surface area contributed by atoms with Gasteiger partial charge in [-0.1, -0.05) is 60.7 Å². The highest BCUT2D eigenvalue weighted by atomic mass is 15.1. The third-order valence-corrected chi connectivity index (χ3v) is 7.95. The normalized spacial score (nSPS) is 12.0. The van der Waals surface area contributed by atoms with Crippen molar-refractivity contribution in [1.29, 1.82) is 0 Å². The van der Waals surface area contributed by atoms with Crippen molar-refractivity contribution in [3.63, 3.8) is 0 Å². The van der Waals surface area contributed by atoms with E-state index in [2.05, 4.69) is 112 Å². The van der Waals surface area contributed by atoms with E-state index < -0.39 is 0 Å². The van der Waals surface area contributed by atoms with E-state index >= 15 is 0 Å². The van der Waals surface area contributed by atoms with Gasteiger partial charge in [-0.2, -0.15) is 0 Å². The maximum absolute atomic E-state index is 5.28. The van der Waals surface area contributed by atoms with Crippen molar-refractivity contribution in [1.82, 2.24) is 24.1 Å². The smallest absolute Gasteiger partial charge is 0.116 e. The van der Waals surface area contributed by atoms with Crippen LogP contribution in [0, 0.1) is 0 Å². The Kier molecular flexibility index (Phi) is 4.27. The zero-order chi connectivity index (χ0) is 26.2. The molecule has 0 aliphatic carbocycles. The minimum Gasteiger partial charge on any atom is -0.306 e. The molecule has 9 rings (SSSR count). The van der Waals surface area contributed by atoms with Gasteiger partial charge in [0.2, 0.25) is 0 Å². The second-order valence-corrected chi connectivity index (χ2v) is 10.2. The van der Waals surface area contributed by atoms with Crippen LogP contribution in [0.5, 0.6) is 0 Å². The second kappa shape index (κ2) is 7.98. The predicted octanol–water partition coefficient (Wildman–Crippen LogP) is 8.37. The molecular weight excluding hydrogens is 490 g/mol. The van der Waals surface area contributed by atoms with Crippen LogP contribution in [-0.2, 0) is 0 Å². The van der Waals surface area contributed by atoms with Gasteiger partial charge in [-0.25, -0.2) is 4.98 Å². The highest BCUT2D eigenvalue weighted by Crippen LogP contribution is 2.37. The zero-order valence-electron chi connectivity index (χ0n) is 21.4. The van der Waals surface area contributed by atoms with E-state index in [0.717, 1.165) is 55.5 Å². The molecule has 0 N–H and O–H groups in total. The second-order valence-electron chi connectivity index (χ2n) is 10.2. The third-order valence-electron chi connectivity index (χ3n) is 7.95. The lowest BCUT2D eigenvalue weighted by Crippen LogP contribution is -1.96. The number of pyridine rings is 3. The third kappa shape index (κ3) is 2.94. The number of hydrogen-bond acceptors (Lipinski definition) is 3. The Balaban J connectivity index is 1.43. The summed E-state index contributed by atoms with van der Waals surface area (Å²) in [6.45, 7) is 0. The Bertz CT molecular complexity index is 2280. The number of rotatable bonds is 2.